The molecule has 1 fully saturated rings. The molecule has 1 aromatic rings. The minimum atomic E-state index is 0.585. The Morgan fingerprint density at radius 3 is 2.72 bits per heavy atom. The van der Waals surface area contributed by atoms with E-state index in [2.05, 4.69) is 44.3 Å². The van der Waals surface area contributed by atoms with Gasteiger partial charge in [-0.1, -0.05) is 19.9 Å². The lowest BCUT2D eigenvalue weighted by Crippen LogP contribution is -2.19. The maximum absolute atomic E-state index is 5.78. The van der Waals surface area contributed by atoms with Crippen molar-refractivity contribution >= 4 is 0 Å². The van der Waals surface area contributed by atoms with Gasteiger partial charge in [0.05, 0.1) is 6.61 Å². The third-order valence-electron chi connectivity index (χ3n) is 3.46. The van der Waals surface area contributed by atoms with Crippen molar-refractivity contribution in [3.63, 3.8) is 0 Å². The van der Waals surface area contributed by atoms with Crippen LogP contribution in [0.5, 0.6) is 5.75 Å². The molecule has 0 amide bonds. The topological polar surface area (TPSA) is 21.3 Å². The van der Waals surface area contributed by atoms with Crippen LogP contribution >= 0.6 is 0 Å². The fraction of sp³-hybridized carbons (Fsp3) is 0.625. The molecule has 0 radical (unpaired) electrons. The summed E-state index contributed by atoms with van der Waals surface area (Å²) in [5, 5.41) is 3.50. The zero-order valence-electron chi connectivity index (χ0n) is 11.8. The Labute approximate surface area is 111 Å². The van der Waals surface area contributed by atoms with Gasteiger partial charge in [0.1, 0.15) is 5.75 Å². The smallest absolute Gasteiger partial charge is 0.119 e. The Bertz CT molecular complexity index is 383. The van der Waals surface area contributed by atoms with E-state index in [9.17, 15) is 0 Å². The van der Waals surface area contributed by atoms with Crippen molar-refractivity contribution in [3.05, 3.63) is 29.3 Å². The highest BCUT2D eigenvalue weighted by molar-refractivity contribution is 5.36. The Kier molecular flexibility index (Phi) is 4.65. The second-order valence-electron chi connectivity index (χ2n) is 5.60. The normalized spacial score (nSPS) is 15.1. The molecule has 1 aliphatic carbocycles. The number of hydrogen-bond acceptors (Lipinski definition) is 2. The Morgan fingerprint density at radius 2 is 2.11 bits per heavy atom. The average molecular weight is 247 g/mol. The van der Waals surface area contributed by atoms with Crippen molar-refractivity contribution in [1.82, 2.24) is 5.32 Å². The van der Waals surface area contributed by atoms with Crippen LogP contribution in [0.3, 0.4) is 0 Å². The third-order valence-corrected chi connectivity index (χ3v) is 3.46. The van der Waals surface area contributed by atoms with Gasteiger partial charge in [-0.25, -0.2) is 0 Å². The zero-order valence-corrected chi connectivity index (χ0v) is 11.8. The number of hydrogen-bond donors (Lipinski definition) is 1. The monoisotopic (exact) mass is 247 g/mol. The molecule has 0 saturated heterocycles. The molecule has 0 heterocycles. The van der Waals surface area contributed by atoms with Crippen molar-refractivity contribution in [1.29, 1.82) is 0 Å². The molecule has 2 rings (SSSR count). The maximum atomic E-state index is 5.78. The van der Waals surface area contributed by atoms with Crippen LogP contribution < -0.4 is 10.1 Å². The highest BCUT2D eigenvalue weighted by atomic mass is 16.5. The Balaban J connectivity index is 1.73. The van der Waals surface area contributed by atoms with Crippen LogP contribution in [-0.4, -0.2) is 19.2 Å². The van der Waals surface area contributed by atoms with Crippen molar-refractivity contribution in [2.45, 2.75) is 52.0 Å². The molecule has 0 aliphatic heterocycles. The first-order chi connectivity index (χ1) is 8.66. The van der Waals surface area contributed by atoms with Gasteiger partial charge in [-0.15, -0.1) is 0 Å². The van der Waals surface area contributed by atoms with Crippen molar-refractivity contribution < 1.29 is 4.74 Å². The van der Waals surface area contributed by atoms with Crippen LogP contribution in [0, 0.1) is 6.92 Å². The molecule has 2 nitrogen and oxygen atoms in total. The summed E-state index contributed by atoms with van der Waals surface area (Å²) < 4.78 is 5.78. The van der Waals surface area contributed by atoms with E-state index >= 15 is 0 Å². The first-order valence-electron chi connectivity index (χ1n) is 7.13. The summed E-state index contributed by atoms with van der Waals surface area (Å²) in [5.41, 5.74) is 2.75. The molecular formula is C16H25NO. The molecule has 0 aromatic heterocycles. The molecule has 2 heteroatoms. The lowest BCUT2D eigenvalue weighted by atomic mass is 9.98. The highest BCUT2D eigenvalue weighted by Crippen LogP contribution is 2.23. The van der Waals surface area contributed by atoms with Gasteiger partial charge in [-0.3, -0.25) is 0 Å². The van der Waals surface area contributed by atoms with Gasteiger partial charge in [0.15, 0.2) is 0 Å². The molecule has 1 aromatic carbocycles. The van der Waals surface area contributed by atoms with E-state index in [-0.39, 0.29) is 0 Å². The summed E-state index contributed by atoms with van der Waals surface area (Å²) >= 11 is 0. The summed E-state index contributed by atoms with van der Waals surface area (Å²) in [6.07, 6.45) is 3.80. The number of benzene rings is 1. The molecule has 0 bridgehead atoms. The van der Waals surface area contributed by atoms with E-state index in [4.69, 9.17) is 4.74 Å². The van der Waals surface area contributed by atoms with E-state index in [0.29, 0.717) is 5.92 Å². The van der Waals surface area contributed by atoms with Crippen molar-refractivity contribution in [3.8, 4) is 5.75 Å². The second-order valence-corrected chi connectivity index (χ2v) is 5.60. The van der Waals surface area contributed by atoms with Gasteiger partial charge in [0.25, 0.3) is 0 Å². The molecule has 0 atom stereocenters. The number of ether oxygens (including phenoxy) is 1. The average Bonchev–Trinajstić information content (AvgIpc) is 3.12. The van der Waals surface area contributed by atoms with Crippen LogP contribution in [-0.2, 0) is 0 Å². The third kappa shape index (κ3) is 4.02. The molecule has 1 saturated carbocycles. The van der Waals surface area contributed by atoms with Crippen molar-refractivity contribution in [2.75, 3.05) is 13.2 Å². The number of rotatable bonds is 7. The van der Waals surface area contributed by atoms with Gasteiger partial charge in [-0.2, -0.15) is 0 Å². The molecule has 1 aliphatic rings. The lowest BCUT2D eigenvalue weighted by molar-refractivity contribution is 0.307. The molecule has 1 N–H and O–H groups in total. The van der Waals surface area contributed by atoms with Crippen LogP contribution in [0.25, 0.3) is 0 Å². The minimum absolute atomic E-state index is 0.585. The summed E-state index contributed by atoms with van der Waals surface area (Å²) in [7, 11) is 0. The van der Waals surface area contributed by atoms with Gasteiger partial charge >= 0.3 is 0 Å². The molecular weight excluding hydrogens is 222 g/mol. The predicted molar refractivity (Wildman–Crippen MR) is 76.4 cm³/mol. The summed E-state index contributed by atoms with van der Waals surface area (Å²) in [5.74, 6) is 1.59. The van der Waals surface area contributed by atoms with Crippen LogP contribution in [0.1, 0.15) is 50.2 Å². The molecule has 0 spiro atoms. The fourth-order valence-corrected chi connectivity index (χ4v) is 2.24. The SMILES string of the molecule is Cc1cc(OCCCNC2CC2)ccc1C(C)C. The number of nitrogens with one attached hydrogen (secondary N) is 1. The van der Waals surface area contributed by atoms with E-state index in [1.807, 2.05) is 0 Å². The summed E-state index contributed by atoms with van der Waals surface area (Å²) in [4.78, 5) is 0. The fourth-order valence-electron chi connectivity index (χ4n) is 2.24. The standard InChI is InChI=1S/C16H25NO/c1-12(2)16-8-7-15(11-13(16)3)18-10-4-9-17-14-5-6-14/h7-8,11-12,14,17H,4-6,9-10H2,1-3H3. The van der Waals surface area contributed by atoms with Gasteiger partial charge < -0.3 is 10.1 Å². The second kappa shape index (κ2) is 6.24. The number of aryl methyl sites for hydroxylation is 1. The Morgan fingerprint density at radius 1 is 1.33 bits per heavy atom. The highest BCUT2D eigenvalue weighted by Gasteiger charge is 2.19. The van der Waals surface area contributed by atoms with E-state index < -0.39 is 0 Å². The first-order valence-corrected chi connectivity index (χ1v) is 7.13. The van der Waals surface area contributed by atoms with Crippen LogP contribution in [0.15, 0.2) is 18.2 Å². The van der Waals surface area contributed by atoms with E-state index in [1.54, 1.807) is 0 Å². The zero-order chi connectivity index (χ0) is 13.0. The minimum Gasteiger partial charge on any atom is -0.494 e. The summed E-state index contributed by atoms with van der Waals surface area (Å²) in [6, 6.07) is 7.25. The van der Waals surface area contributed by atoms with Gasteiger partial charge in [0.2, 0.25) is 0 Å². The van der Waals surface area contributed by atoms with Gasteiger partial charge in [0, 0.05) is 6.04 Å². The molecule has 18 heavy (non-hydrogen) atoms. The largest absolute Gasteiger partial charge is 0.494 e. The van der Waals surface area contributed by atoms with Gasteiger partial charge in [-0.05, 0) is 61.9 Å². The summed E-state index contributed by atoms with van der Waals surface area (Å²) in [6.45, 7) is 8.50. The van der Waals surface area contributed by atoms with Crippen molar-refractivity contribution in [2.24, 2.45) is 0 Å². The molecule has 0 unspecified atom stereocenters. The maximum Gasteiger partial charge on any atom is 0.119 e. The van der Waals surface area contributed by atoms with E-state index in [1.165, 1.54) is 24.0 Å². The quantitative estimate of drug-likeness (QED) is 0.743. The van der Waals surface area contributed by atoms with Crippen LogP contribution in [0.4, 0.5) is 0 Å². The Hall–Kier alpha value is -1.02. The van der Waals surface area contributed by atoms with E-state index in [0.717, 1.165) is 31.4 Å². The first kappa shape index (κ1) is 13.4. The molecule has 100 valence electrons. The predicted octanol–water partition coefficient (Wildman–Crippen LogP) is 3.64. The van der Waals surface area contributed by atoms with Crippen LogP contribution in [0.2, 0.25) is 0 Å². The lowest BCUT2D eigenvalue weighted by Gasteiger charge is -2.12.